The lowest BCUT2D eigenvalue weighted by Crippen LogP contribution is -2.53. The number of para-hydroxylation sites is 1. The lowest BCUT2D eigenvalue weighted by Gasteiger charge is -2.49. The molecule has 2 aliphatic rings. The molecule has 2 aromatic rings. The topological polar surface area (TPSA) is 58.6 Å². The Kier molecular flexibility index (Phi) is 5.99. The summed E-state index contributed by atoms with van der Waals surface area (Å²) < 4.78 is 18.9. The molecule has 5 nitrogen and oxygen atoms in total. The maximum absolute atomic E-state index is 13.4. The van der Waals surface area contributed by atoms with Gasteiger partial charge in [-0.3, -0.25) is 9.59 Å². The Bertz CT molecular complexity index is 951. The molecule has 0 saturated carbocycles. The minimum Gasteiger partial charge on any atom is -0.496 e. The fourth-order valence-electron chi connectivity index (χ4n) is 5.23. The van der Waals surface area contributed by atoms with Crippen molar-refractivity contribution in [1.29, 1.82) is 0 Å². The van der Waals surface area contributed by atoms with E-state index in [0.29, 0.717) is 26.1 Å². The van der Waals surface area contributed by atoms with Crippen LogP contribution in [0.1, 0.15) is 49.1 Å². The summed E-state index contributed by atoms with van der Waals surface area (Å²) in [5.41, 5.74) is 1.73. The zero-order valence-corrected chi connectivity index (χ0v) is 18.1. The van der Waals surface area contributed by atoms with Gasteiger partial charge < -0.3 is 15.0 Å². The van der Waals surface area contributed by atoms with Crippen molar-refractivity contribution in [3.63, 3.8) is 0 Å². The molecule has 2 atom stereocenters. The van der Waals surface area contributed by atoms with Crippen LogP contribution in [-0.2, 0) is 9.59 Å². The Morgan fingerprint density at radius 2 is 1.84 bits per heavy atom. The number of nitrogens with one attached hydrogen (secondary N) is 1. The first-order valence-electron chi connectivity index (χ1n) is 10.9. The molecule has 2 aliphatic heterocycles. The van der Waals surface area contributed by atoms with E-state index in [1.54, 1.807) is 7.11 Å². The van der Waals surface area contributed by atoms with E-state index in [2.05, 4.69) is 5.32 Å². The van der Waals surface area contributed by atoms with Gasteiger partial charge in [0, 0.05) is 37.5 Å². The number of nitrogens with zero attached hydrogens (tertiary/aromatic N) is 1. The molecule has 31 heavy (non-hydrogen) atoms. The summed E-state index contributed by atoms with van der Waals surface area (Å²) in [7, 11) is 1.62. The molecule has 0 radical (unpaired) electrons. The largest absolute Gasteiger partial charge is 0.496 e. The van der Waals surface area contributed by atoms with E-state index in [4.69, 9.17) is 4.74 Å². The molecule has 0 aromatic heterocycles. The van der Waals surface area contributed by atoms with Gasteiger partial charge in [0.25, 0.3) is 0 Å². The monoisotopic (exact) mass is 424 g/mol. The highest BCUT2D eigenvalue weighted by Gasteiger charge is 2.47. The van der Waals surface area contributed by atoms with Gasteiger partial charge in [0.05, 0.1) is 13.0 Å². The zero-order valence-electron chi connectivity index (χ0n) is 18.1. The molecule has 1 N–H and O–H groups in total. The Morgan fingerprint density at radius 3 is 2.52 bits per heavy atom. The predicted octanol–water partition coefficient (Wildman–Crippen LogP) is 3.85. The smallest absolute Gasteiger partial charge is 0.229 e. The van der Waals surface area contributed by atoms with Gasteiger partial charge in [-0.05, 0) is 48.9 Å². The van der Waals surface area contributed by atoms with Crippen LogP contribution in [0, 0.1) is 11.2 Å². The van der Waals surface area contributed by atoms with E-state index in [0.717, 1.165) is 29.7 Å². The number of methoxy groups -OCH3 is 1. The molecule has 4 rings (SSSR count). The molecular weight excluding hydrogens is 395 g/mol. The molecule has 6 heteroatoms. The highest BCUT2D eigenvalue weighted by Crippen LogP contribution is 2.49. The van der Waals surface area contributed by atoms with Crippen LogP contribution in [0.2, 0.25) is 0 Å². The first-order chi connectivity index (χ1) is 14.9. The summed E-state index contributed by atoms with van der Waals surface area (Å²) in [6.45, 7) is 3.70. The number of carbonyl (C=O) groups excluding carboxylic acids is 2. The van der Waals surface area contributed by atoms with E-state index >= 15 is 0 Å². The number of halogens is 1. The highest BCUT2D eigenvalue weighted by molar-refractivity contribution is 5.84. The van der Waals surface area contributed by atoms with Crippen molar-refractivity contribution < 1.29 is 18.7 Å². The molecule has 2 unspecified atom stereocenters. The van der Waals surface area contributed by atoms with E-state index in [9.17, 15) is 14.0 Å². The van der Waals surface area contributed by atoms with Crippen LogP contribution < -0.4 is 10.1 Å². The van der Waals surface area contributed by atoms with Gasteiger partial charge in [-0.25, -0.2) is 4.39 Å². The van der Waals surface area contributed by atoms with Crippen molar-refractivity contribution >= 4 is 11.8 Å². The molecular formula is C25H29FN2O3. The van der Waals surface area contributed by atoms with E-state index in [1.807, 2.05) is 48.2 Å². The Balaban J connectivity index is 1.50. The van der Waals surface area contributed by atoms with Crippen molar-refractivity contribution in [2.24, 2.45) is 5.41 Å². The van der Waals surface area contributed by atoms with Crippen molar-refractivity contribution in [2.75, 3.05) is 26.7 Å². The molecule has 2 saturated heterocycles. The standard InChI is InChI=1S/C25H29FN2O3/c1-17(20-5-3-4-6-22(20)31-2)24(30)28-13-11-25(12-14-28)15-23(29)27-16-21(25)18-7-9-19(26)10-8-18/h3-10,17,21H,11-16H2,1-2H3,(H,27,29). The number of amides is 2. The fraction of sp³-hybridized carbons (Fsp3) is 0.440. The summed E-state index contributed by atoms with van der Waals surface area (Å²) in [5.74, 6) is 0.418. The first-order valence-corrected chi connectivity index (χ1v) is 10.9. The maximum Gasteiger partial charge on any atom is 0.229 e. The Labute approximate surface area is 182 Å². The lowest BCUT2D eigenvalue weighted by molar-refractivity contribution is -0.136. The zero-order chi connectivity index (χ0) is 22.0. The number of carbonyl (C=O) groups is 2. The van der Waals surface area contributed by atoms with Crippen LogP contribution >= 0.6 is 0 Å². The molecule has 0 bridgehead atoms. The number of hydrogen-bond donors (Lipinski definition) is 1. The third-order valence-corrected chi connectivity index (χ3v) is 7.07. The molecule has 2 fully saturated rings. The third-order valence-electron chi connectivity index (χ3n) is 7.07. The van der Waals surface area contributed by atoms with Gasteiger partial charge in [0.1, 0.15) is 11.6 Å². The van der Waals surface area contributed by atoms with Gasteiger partial charge in [0.2, 0.25) is 11.8 Å². The lowest BCUT2D eigenvalue weighted by atomic mass is 9.62. The normalized spacial score (nSPS) is 21.5. The van der Waals surface area contributed by atoms with Crippen LogP contribution in [-0.4, -0.2) is 43.5 Å². The fourth-order valence-corrected chi connectivity index (χ4v) is 5.23. The number of ether oxygens (including phenoxy) is 1. The second-order valence-electron chi connectivity index (χ2n) is 8.74. The number of rotatable bonds is 4. The second-order valence-corrected chi connectivity index (χ2v) is 8.74. The summed E-state index contributed by atoms with van der Waals surface area (Å²) in [6.07, 6.45) is 1.96. The summed E-state index contributed by atoms with van der Waals surface area (Å²) in [5, 5.41) is 2.98. The van der Waals surface area contributed by atoms with Gasteiger partial charge in [-0.2, -0.15) is 0 Å². The summed E-state index contributed by atoms with van der Waals surface area (Å²) >= 11 is 0. The first kappa shape index (κ1) is 21.3. The predicted molar refractivity (Wildman–Crippen MR) is 116 cm³/mol. The highest BCUT2D eigenvalue weighted by atomic mass is 19.1. The molecule has 2 heterocycles. The molecule has 2 amide bonds. The Morgan fingerprint density at radius 1 is 1.16 bits per heavy atom. The number of benzene rings is 2. The molecule has 0 aliphatic carbocycles. The maximum atomic E-state index is 13.4. The van der Waals surface area contributed by atoms with Crippen LogP contribution in [0.4, 0.5) is 4.39 Å². The van der Waals surface area contributed by atoms with Gasteiger partial charge in [0.15, 0.2) is 0 Å². The SMILES string of the molecule is COc1ccccc1C(C)C(=O)N1CCC2(CC1)CC(=O)NCC2c1ccc(F)cc1. The van der Waals surface area contributed by atoms with E-state index in [1.165, 1.54) is 12.1 Å². The average molecular weight is 425 g/mol. The van der Waals surface area contributed by atoms with Crippen molar-refractivity contribution in [3.8, 4) is 5.75 Å². The average Bonchev–Trinajstić information content (AvgIpc) is 2.79. The van der Waals surface area contributed by atoms with Crippen LogP contribution in [0.15, 0.2) is 48.5 Å². The van der Waals surface area contributed by atoms with E-state index < -0.39 is 0 Å². The van der Waals surface area contributed by atoms with Crippen molar-refractivity contribution in [1.82, 2.24) is 10.2 Å². The molecule has 164 valence electrons. The van der Waals surface area contributed by atoms with Gasteiger partial charge in [-0.15, -0.1) is 0 Å². The number of piperidine rings is 2. The van der Waals surface area contributed by atoms with Crippen LogP contribution in [0.5, 0.6) is 5.75 Å². The third kappa shape index (κ3) is 4.16. The van der Waals surface area contributed by atoms with Crippen LogP contribution in [0.3, 0.4) is 0 Å². The van der Waals surface area contributed by atoms with E-state index in [-0.39, 0.29) is 34.9 Å². The quantitative estimate of drug-likeness (QED) is 0.811. The second kappa shape index (κ2) is 8.69. The molecule has 2 aromatic carbocycles. The van der Waals surface area contributed by atoms with Crippen molar-refractivity contribution in [2.45, 2.75) is 38.0 Å². The number of hydrogen-bond acceptors (Lipinski definition) is 3. The Hall–Kier alpha value is -2.89. The minimum absolute atomic E-state index is 0.0560. The van der Waals surface area contributed by atoms with Gasteiger partial charge in [-0.1, -0.05) is 30.3 Å². The summed E-state index contributed by atoms with van der Waals surface area (Å²) in [6, 6.07) is 14.2. The minimum atomic E-state index is -0.298. The number of likely N-dealkylation sites (tertiary alicyclic amines) is 1. The van der Waals surface area contributed by atoms with Crippen LogP contribution in [0.25, 0.3) is 0 Å². The molecule has 1 spiro atoms. The summed E-state index contributed by atoms with van der Waals surface area (Å²) in [4.78, 5) is 27.4. The van der Waals surface area contributed by atoms with Gasteiger partial charge >= 0.3 is 0 Å². The van der Waals surface area contributed by atoms with Crippen molar-refractivity contribution in [3.05, 3.63) is 65.5 Å².